The Hall–Kier alpha value is -12.4. The number of aliphatic carboxylic acids is 1. The summed E-state index contributed by atoms with van der Waals surface area (Å²) in [6.07, 6.45) is -0.0302. The molecule has 19 nitrogen and oxygen atoms in total. The Labute approximate surface area is 668 Å². The molecule has 9 aromatic rings. The Morgan fingerprint density at radius 3 is 0.863 bits per heavy atom. The Bertz CT molecular complexity index is 4600. The molecule has 0 radical (unpaired) electrons. The number of benzene rings is 9. The number of carboxylic acid groups (broad SMARTS) is 1. The van der Waals surface area contributed by atoms with Crippen molar-refractivity contribution in [3.8, 4) is 28.7 Å². The van der Waals surface area contributed by atoms with Crippen LogP contribution < -0.4 is 9.47 Å². The molecule has 0 bridgehead atoms. The molecule has 2 saturated heterocycles. The first-order chi connectivity index (χ1) is 55.7. The molecule has 0 aliphatic carbocycles. The predicted molar refractivity (Wildman–Crippen MR) is 408 cm³/mol. The van der Waals surface area contributed by atoms with Crippen molar-refractivity contribution in [1.29, 1.82) is 0 Å². The van der Waals surface area contributed by atoms with E-state index in [4.69, 9.17) is 48.8 Å². The SMILES string of the molecule is CC(Cc1cc(F)c(OCc2ccccc2)c(F)c1)C(=O)O.CCOC(=O)C(C)Cc1cc(F)c(O)c(F)c1.CCOC(=O)C(C)Cc1cc(F)c(OCc2ccccc2)c(F)c1.C[C@@H](Cc1cc(F)c(O)c(F)c1)C(=O)N1C(=O)OC[C@H]1Cc1ccccc1.C[C@H](Cc1cc(F)c(O)c(F)c1)C(=O)N1C(=O)OC[C@H]1Cc1ccccc1. The van der Waals surface area contributed by atoms with Gasteiger partial charge in [-0.25, -0.2) is 63.3 Å². The number of nitrogens with zero attached hydrogens (tertiary/aromatic N) is 2. The molecule has 2 aliphatic heterocycles. The standard InChI is InChI=1S/2C20H19F2NO4.C19H20F2O3.C17H16F2O3.C12H14F2O3/c2*1-12(7-14-9-16(21)18(24)17(22)10-14)19(25)23-15(11-27-20(23)26)8-13-5-3-2-4-6-13;1-3-23-19(22)13(2)9-15-10-16(20)18(17(21)11-15)24-12-14-7-5-4-6-8-14;1-11(17(20)21)7-13-8-14(18)16(15(19)9-13)22-10-12-5-3-2-4-6-12;1-3-17-12(16)7(2)4-8-5-9(13)11(15)10(14)6-8/h2*2-6,9-10,12,15,24H,7-8,11H2,1H3;4-8,10-11,13H,3,9,12H2,1-2H3;2-6,8-9,11H,7,10H2,1H3,(H,20,21);5-7,15H,3-4H2,1-2H3/t12-,15+;12-,15-;;;/m01.../s1. The summed E-state index contributed by atoms with van der Waals surface area (Å²) in [6.45, 7) is 12.2. The molecular weight excluding hydrogens is 1550 g/mol. The van der Waals surface area contributed by atoms with E-state index in [2.05, 4.69) is 0 Å². The average molecular weight is 1640 g/mol. The van der Waals surface area contributed by atoms with Crippen molar-refractivity contribution >= 4 is 41.9 Å². The van der Waals surface area contributed by atoms with Crippen molar-refractivity contribution in [3.05, 3.63) is 290 Å². The largest absolute Gasteiger partial charge is 0.503 e. The fraction of sp³-hybridized carbons (Fsp3) is 0.307. The van der Waals surface area contributed by atoms with Crippen molar-refractivity contribution in [3.63, 3.8) is 0 Å². The second kappa shape index (κ2) is 44.4. The second-order valence-electron chi connectivity index (χ2n) is 27.7. The Balaban J connectivity index is 0.000000204. The van der Waals surface area contributed by atoms with Gasteiger partial charge in [-0.3, -0.25) is 24.0 Å². The lowest BCUT2D eigenvalue weighted by atomic mass is 9.98. The van der Waals surface area contributed by atoms with E-state index in [1.807, 2.05) is 109 Å². The van der Waals surface area contributed by atoms with Crippen LogP contribution in [0.5, 0.6) is 28.7 Å². The Kier molecular flexibility index (Phi) is 34.9. The van der Waals surface area contributed by atoms with E-state index in [0.717, 1.165) is 80.6 Å². The number of hydrogen-bond donors (Lipinski definition) is 4. The minimum absolute atomic E-state index is 0.0226. The third-order valence-corrected chi connectivity index (χ3v) is 18.2. The van der Waals surface area contributed by atoms with Gasteiger partial charge in [-0.15, -0.1) is 0 Å². The number of esters is 2. The first kappa shape index (κ1) is 91.7. The molecule has 7 atom stereocenters. The van der Waals surface area contributed by atoms with Gasteiger partial charge in [0.1, 0.15) is 26.4 Å². The number of phenols is 3. The third-order valence-electron chi connectivity index (χ3n) is 18.2. The summed E-state index contributed by atoms with van der Waals surface area (Å²) >= 11 is 0. The van der Waals surface area contributed by atoms with Gasteiger partial charge in [-0.2, -0.15) is 0 Å². The van der Waals surface area contributed by atoms with Crippen molar-refractivity contribution in [2.45, 2.75) is 119 Å². The van der Waals surface area contributed by atoms with Gasteiger partial charge in [-0.05, 0) is 170 Å². The maximum Gasteiger partial charge on any atom is 0.416 e. The normalized spacial score (nSPS) is 14.6. The zero-order valence-corrected chi connectivity index (χ0v) is 64.8. The van der Waals surface area contributed by atoms with E-state index in [1.165, 1.54) is 19.1 Å². The maximum atomic E-state index is 14.1. The van der Waals surface area contributed by atoms with E-state index in [1.54, 1.807) is 53.7 Å². The van der Waals surface area contributed by atoms with Gasteiger partial charge in [0.25, 0.3) is 0 Å². The number of imide groups is 2. The van der Waals surface area contributed by atoms with Gasteiger partial charge < -0.3 is 48.8 Å². The zero-order valence-electron chi connectivity index (χ0n) is 64.8. The summed E-state index contributed by atoms with van der Waals surface area (Å²) in [5, 5.41) is 36.1. The van der Waals surface area contributed by atoms with Crippen LogP contribution in [0.1, 0.15) is 98.5 Å². The molecule has 622 valence electrons. The zero-order chi connectivity index (χ0) is 85.7. The van der Waals surface area contributed by atoms with Crippen molar-refractivity contribution in [2.75, 3.05) is 26.4 Å². The van der Waals surface area contributed by atoms with Crippen molar-refractivity contribution in [1.82, 2.24) is 9.80 Å². The maximum absolute atomic E-state index is 14.1. The van der Waals surface area contributed by atoms with E-state index in [9.17, 15) is 77.5 Å². The smallest absolute Gasteiger partial charge is 0.416 e. The molecule has 0 saturated carbocycles. The third kappa shape index (κ3) is 27.4. The van der Waals surface area contributed by atoms with Crippen LogP contribution in [-0.4, -0.2) is 111 Å². The van der Waals surface area contributed by atoms with Crippen LogP contribution in [0.3, 0.4) is 0 Å². The number of rotatable bonds is 27. The van der Waals surface area contributed by atoms with E-state index >= 15 is 0 Å². The lowest BCUT2D eigenvalue weighted by molar-refractivity contribution is -0.148. The molecule has 2 fully saturated rings. The van der Waals surface area contributed by atoms with Gasteiger partial charge in [0.15, 0.2) is 86.9 Å². The summed E-state index contributed by atoms with van der Waals surface area (Å²) in [4.78, 5) is 85.6. The summed E-state index contributed by atoms with van der Waals surface area (Å²) in [5.74, 6) is -19.4. The van der Waals surface area contributed by atoms with Gasteiger partial charge in [0.2, 0.25) is 11.8 Å². The van der Waals surface area contributed by atoms with E-state index in [-0.39, 0.29) is 94.4 Å². The molecule has 2 heterocycles. The van der Waals surface area contributed by atoms with Crippen LogP contribution in [-0.2, 0) is 101 Å². The van der Waals surface area contributed by atoms with Crippen LogP contribution in [0.4, 0.5) is 53.5 Å². The van der Waals surface area contributed by atoms with Gasteiger partial charge >= 0.3 is 30.1 Å². The lowest BCUT2D eigenvalue weighted by Crippen LogP contribution is -2.43. The van der Waals surface area contributed by atoms with E-state index in [0.29, 0.717) is 24.0 Å². The molecule has 2 aliphatic rings. The van der Waals surface area contributed by atoms with Crippen LogP contribution in [0.25, 0.3) is 0 Å². The minimum Gasteiger partial charge on any atom is -0.503 e. The molecule has 11 rings (SSSR count). The van der Waals surface area contributed by atoms with Crippen LogP contribution in [0.2, 0.25) is 0 Å². The summed E-state index contributed by atoms with van der Waals surface area (Å²) < 4.78 is 166. The highest BCUT2D eigenvalue weighted by Gasteiger charge is 2.41. The highest BCUT2D eigenvalue weighted by atomic mass is 19.2. The number of cyclic esters (lactones) is 2. The van der Waals surface area contributed by atoms with Gasteiger partial charge in [0, 0.05) is 11.8 Å². The van der Waals surface area contributed by atoms with Crippen LogP contribution >= 0.6 is 0 Å². The first-order valence-corrected chi connectivity index (χ1v) is 37.1. The number of amides is 4. The predicted octanol–water partition coefficient (Wildman–Crippen LogP) is 17.4. The molecule has 9 aromatic carbocycles. The highest BCUT2D eigenvalue weighted by molar-refractivity contribution is 5.95. The average Bonchev–Trinajstić information content (AvgIpc) is 1.77. The van der Waals surface area contributed by atoms with Crippen LogP contribution in [0.15, 0.2) is 182 Å². The van der Waals surface area contributed by atoms with Crippen molar-refractivity contribution < 1.29 is 126 Å². The topological polar surface area (TPSA) is 262 Å². The monoisotopic (exact) mass is 1630 g/mol. The Morgan fingerprint density at radius 1 is 0.368 bits per heavy atom. The van der Waals surface area contributed by atoms with Gasteiger partial charge in [0.05, 0.1) is 43.1 Å². The number of carboxylic acids is 1. The molecule has 0 spiro atoms. The first-order valence-electron chi connectivity index (χ1n) is 37.1. The summed E-state index contributed by atoms with van der Waals surface area (Å²) in [7, 11) is 0. The summed E-state index contributed by atoms with van der Waals surface area (Å²) in [6, 6.07) is 46.7. The second-order valence-corrected chi connectivity index (χ2v) is 27.7. The fourth-order valence-corrected chi connectivity index (χ4v) is 12.2. The summed E-state index contributed by atoms with van der Waals surface area (Å²) in [5.41, 5.74) is 4.96. The number of carbonyl (C=O) groups excluding carboxylic acids is 6. The van der Waals surface area contributed by atoms with E-state index < -0.39 is 165 Å². The number of aromatic hydroxyl groups is 3. The molecule has 4 amide bonds. The molecule has 3 unspecified atom stereocenters. The number of halogens is 10. The highest BCUT2D eigenvalue weighted by Crippen LogP contribution is 2.32. The Morgan fingerprint density at radius 2 is 0.607 bits per heavy atom. The molecular formula is C88H88F10N2O17. The number of ether oxygens (including phenoxy) is 6. The molecule has 0 aromatic heterocycles. The number of carbonyl (C=O) groups is 7. The fourth-order valence-electron chi connectivity index (χ4n) is 12.2. The van der Waals surface area contributed by atoms with Crippen molar-refractivity contribution in [2.24, 2.45) is 29.6 Å². The molecule has 117 heavy (non-hydrogen) atoms. The van der Waals surface area contributed by atoms with Gasteiger partial charge in [-0.1, -0.05) is 156 Å². The minimum atomic E-state index is -1.09. The van der Waals surface area contributed by atoms with Crippen LogP contribution in [0, 0.1) is 87.8 Å². The number of phenolic OH excluding ortho intramolecular Hbond substituents is 3. The lowest BCUT2D eigenvalue weighted by Gasteiger charge is -2.23. The quantitative estimate of drug-likeness (QED) is 0.0212. The molecule has 4 N–H and O–H groups in total. The molecule has 29 heteroatoms. The number of hydrogen-bond acceptors (Lipinski definition) is 16.